The molecule has 0 amide bonds. The molecule has 0 fully saturated rings. The van der Waals surface area contributed by atoms with Crippen molar-refractivity contribution in [2.75, 3.05) is 6.54 Å². The minimum absolute atomic E-state index is 0.127. The van der Waals surface area contributed by atoms with Crippen molar-refractivity contribution < 1.29 is 0 Å². The second kappa shape index (κ2) is 7.63. The van der Waals surface area contributed by atoms with Gasteiger partial charge < -0.3 is 0 Å². The highest BCUT2D eigenvalue weighted by molar-refractivity contribution is 6.20. The van der Waals surface area contributed by atoms with Gasteiger partial charge in [-0.05, 0) is 31.9 Å². The van der Waals surface area contributed by atoms with Gasteiger partial charge in [-0.25, -0.2) is 0 Å². The average molecular weight is 302 g/mol. The van der Waals surface area contributed by atoms with Crippen LogP contribution in [0.25, 0.3) is 0 Å². The van der Waals surface area contributed by atoms with Crippen molar-refractivity contribution in [1.29, 1.82) is 0 Å². The fourth-order valence-electron chi connectivity index (χ4n) is 2.75. The summed E-state index contributed by atoms with van der Waals surface area (Å²) in [5.41, 5.74) is 2.63. The summed E-state index contributed by atoms with van der Waals surface area (Å²) < 4.78 is 0. The Hall–Kier alpha value is -1.31. The SMILES string of the molecule is CC(Cl)CN(C(C)C)C(c1ccccc1)c1ccccc1. The molecule has 1 atom stereocenters. The molecular formula is C19H24ClN. The minimum atomic E-state index is 0.127. The molecule has 0 aliphatic rings. The summed E-state index contributed by atoms with van der Waals surface area (Å²) in [6.45, 7) is 7.40. The van der Waals surface area contributed by atoms with Crippen LogP contribution in [0.1, 0.15) is 37.9 Å². The van der Waals surface area contributed by atoms with Crippen LogP contribution in [0.5, 0.6) is 0 Å². The van der Waals surface area contributed by atoms with E-state index in [1.807, 2.05) is 0 Å². The predicted molar refractivity (Wildman–Crippen MR) is 91.9 cm³/mol. The molecule has 0 bridgehead atoms. The summed E-state index contributed by atoms with van der Waals surface area (Å²) in [5.74, 6) is 0. The molecular weight excluding hydrogens is 278 g/mol. The lowest BCUT2D eigenvalue weighted by molar-refractivity contribution is 0.179. The van der Waals surface area contributed by atoms with E-state index in [1.54, 1.807) is 0 Å². The maximum absolute atomic E-state index is 6.29. The molecule has 0 radical (unpaired) electrons. The van der Waals surface area contributed by atoms with Crippen molar-refractivity contribution in [3.63, 3.8) is 0 Å². The van der Waals surface area contributed by atoms with Crippen molar-refractivity contribution in [3.05, 3.63) is 71.8 Å². The zero-order valence-corrected chi connectivity index (χ0v) is 13.8. The Bertz CT molecular complexity index is 482. The van der Waals surface area contributed by atoms with Gasteiger partial charge in [0.25, 0.3) is 0 Å². The van der Waals surface area contributed by atoms with Crippen molar-refractivity contribution in [2.45, 2.75) is 38.2 Å². The molecule has 2 aromatic carbocycles. The smallest absolute Gasteiger partial charge is 0.0604 e. The van der Waals surface area contributed by atoms with Gasteiger partial charge in [0, 0.05) is 18.0 Å². The van der Waals surface area contributed by atoms with Gasteiger partial charge in [0.2, 0.25) is 0 Å². The second-order valence-electron chi connectivity index (χ2n) is 5.80. The van der Waals surface area contributed by atoms with E-state index in [4.69, 9.17) is 11.6 Å². The van der Waals surface area contributed by atoms with Crippen LogP contribution in [0.15, 0.2) is 60.7 Å². The first-order valence-electron chi connectivity index (χ1n) is 7.59. The summed E-state index contributed by atoms with van der Waals surface area (Å²) in [4.78, 5) is 2.47. The predicted octanol–water partition coefficient (Wildman–Crippen LogP) is 5.11. The molecule has 0 saturated heterocycles. The second-order valence-corrected chi connectivity index (χ2v) is 6.54. The van der Waals surface area contributed by atoms with E-state index >= 15 is 0 Å². The molecule has 0 saturated carbocycles. The fourth-order valence-corrected chi connectivity index (χ4v) is 2.91. The van der Waals surface area contributed by atoms with E-state index in [2.05, 4.69) is 86.3 Å². The lowest BCUT2D eigenvalue weighted by Crippen LogP contribution is -2.39. The summed E-state index contributed by atoms with van der Waals surface area (Å²) in [5, 5.41) is 0.127. The number of hydrogen-bond acceptors (Lipinski definition) is 1. The van der Waals surface area contributed by atoms with E-state index in [-0.39, 0.29) is 11.4 Å². The number of hydrogen-bond donors (Lipinski definition) is 0. The molecule has 0 heterocycles. The molecule has 0 spiro atoms. The fraction of sp³-hybridized carbons (Fsp3) is 0.368. The monoisotopic (exact) mass is 301 g/mol. The average Bonchev–Trinajstić information content (AvgIpc) is 2.48. The van der Waals surface area contributed by atoms with E-state index in [9.17, 15) is 0 Å². The number of halogens is 1. The van der Waals surface area contributed by atoms with Gasteiger partial charge in [-0.2, -0.15) is 0 Å². The normalized spacial score (nSPS) is 13.1. The van der Waals surface area contributed by atoms with Gasteiger partial charge in [-0.3, -0.25) is 4.90 Å². The topological polar surface area (TPSA) is 3.24 Å². The van der Waals surface area contributed by atoms with Crippen molar-refractivity contribution >= 4 is 11.6 Å². The van der Waals surface area contributed by atoms with Crippen molar-refractivity contribution in [2.24, 2.45) is 0 Å². The lowest BCUT2D eigenvalue weighted by atomic mass is 9.95. The molecule has 2 heteroatoms. The highest BCUT2D eigenvalue weighted by Crippen LogP contribution is 2.30. The number of alkyl halides is 1. The van der Waals surface area contributed by atoms with Crippen molar-refractivity contribution in [3.8, 4) is 0 Å². The molecule has 0 aliphatic carbocycles. The van der Waals surface area contributed by atoms with E-state index < -0.39 is 0 Å². The Morgan fingerprint density at radius 1 is 0.810 bits per heavy atom. The minimum Gasteiger partial charge on any atom is -0.288 e. The molecule has 21 heavy (non-hydrogen) atoms. The van der Waals surface area contributed by atoms with Crippen LogP contribution >= 0.6 is 11.6 Å². The Balaban J connectivity index is 2.44. The third-order valence-corrected chi connectivity index (χ3v) is 3.83. The zero-order valence-electron chi connectivity index (χ0n) is 13.0. The zero-order chi connectivity index (χ0) is 15.2. The molecule has 0 N–H and O–H groups in total. The number of rotatable bonds is 6. The number of benzene rings is 2. The van der Waals surface area contributed by atoms with Crippen LogP contribution in [0.3, 0.4) is 0 Å². The largest absolute Gasteiger partial charge is 0.288 e. The molecule has 2 aromatic rings. The van der Waals surface area contributed by atoms with Gasteiger partial charge >= 0.3 is 0 Å². The maximum atomic E-state index is 6.29. The standard InChI is InChI=1S/C19H24ClN/c1-15(2)21(14-16(3)20)19(17-10-6-4-7-11-17)18-12-8-5-9-13-18/h4-13,15-16,19H,14H2,1-3H3. The van der Waals surface area contributed by atoms with Gasteiger partial charge in [0.15, 0.2) is 0 Å². The van der Waals surface area contributed by atoms with E-state index in [1.165, 1.54) is 11.1 Å². The first-order valence-corrected chi connectivity index (χ1v) is 8.03. The quantitative estimate of drug-likeness (QED) is 0.670. The van der Waals surface area contributed by atoms with E-state index in [0.717, 1.165) is 6.54 Å². The van der Waals surface area contributed by atoms with Crippen LogP contribution in [-0.4, -0.2) is 22.9 Å². The van der Waals surface area contributed by atoms with Gasteiger partial charge in [-0.1, -0.05) is 60.7 Å². The first kappa shape index (κ1) is 16.1. The molecule has 0 aliphatic heterocycles. The third-order valence-electron chi connectivity index (χ3n) is 3.69. The molecule has 112 valence electrons. The molecule has 1 unspecified atom stereocenters. The highest BCUT2D eigenvalue weighted by Gasteiger charge is 2.25. The summed E-state index contributed by atoms with van der Waals surface area (Å²) in [6, 6.07) is 22.0. The summed E-state index contributed by atoms with van der Waals surface area (Å²) >= 11 is 6.29. The third kappa shape index (κ3) is 4.33. The van der Waals surface area contributed by atoms with Gasteiger partial charge in [-0.15, -0.1) is 11.6 Å². The van der Waals surface area contributed by atoms with Gasteiger partial charge in [0.1, 0.15) is 0 Å². The Kier molecular flexibility index (Phi) is 5.84. The van der Waals surface area contributed by atoms with Crippen LogP contribution < -0.4 is 0 Å². The molecule has 1 nitrogen and oxygen atoms in total. The highest BCUT2D eigenvalue weighted by atomic mass is 35.5. The molecule has 0 aromatic heterocycles. The Morgan fingerprint density at radius 3 is 1.57 bits per heavy atom. The lowest BCUT2D eigenvalue weighted by Gasteiger charge is -2.36. The van der Waals surface area contributed by atoms with Gasteiger partial charge in [0.05, 0.1) is 6.04 Å². The first-order chi connectivity index (χ1) is 10.1. The number of nitrogens with zero attached hydrogens (tertiary/aromatic N) is 1. The summed E-state index contributed by atoms with van der Waals surface area (Å²) in [6.07, 6.45) is 0. The van der Waals surface area contributed by atoms with Crippen LogP contribution in [-0.2, 0) is 0 Å². The van der Waals surface area contributed by atoms with Crippen molar-refractivity contribution in [1.82, 2.24) is 4.90 Å². The maximum Gasteiger partial charge on any atom is 0.0604 e. The van der Waals surface area contributed by atoms with E-state index in [0.29, 0.717) is 6.04 Å². The molecule has 2 rings (SSSR count). The van der Waals surface area contributed by atoms with Crippen LogP contribution in [0.2, 0.25) is 0 Å². The van der Waals surface area contributed by atoms with Crippen LogP contribution in [0.4, 0.5) is 0 Å². The Labute approximate surface area is 133 Å². The van der Waals surface area contributed by atoms with Crippen LogP contribution in [0, 0.1) is 0 Å². The Morgan fingerprint density at radius 2 is 1.24 bits per heavy atom. The summed E-state index contributed by atoms with van der Waals surface area (Å²) in [7, 11) is 0.